The van der Waals surface area contributed by atoms with E-state index in [0.29, 0.717) is 6.42 Å². The minimum atomic E-state index is -5.04. The summed E-state index contributed by atoms with van der Waals surface area (Å²) in [5, 5.41) is 0. The third kappa shape index (κ3) is 3.18. The largest absolute Gasteiger partial charge is 0.442 e. The zero-order valence-corrected chi connectivity index (χ0v) is 7.97. The Balaban J connectivity index is 2.67. The second-order valence-corrected chi connectivity index (χ2v) is 3.56. The smallest absolute Gasteiger partial charge is 0.324 e. The molecule has 0 spiro atoms. The third-order valence-corrected chi connectivity index (χ3v) is 1.96. The zero-order chi connectivity index (χ0) is 9.95. The van der Waals surface area contributed by atoms with Gasteiger partial charge in [0.2, 0.25) is 0 Å². The Bertz CT molecular complexity index is 256. The van der Waals surface area contributed by atoms with Crippen molar-refractivity contribution < 1.29 is 26.0 Å². The molecule has 1 aliphatic rings. The average Bonchev–Trinajstić information content (AvgIpc) is 2.33. The molecule has 0 radical (unpaired) electrons. The summed E-state index contributed by atoms with van der Waals surface area (Å²) in [5.74, 6) is -1.73. The highest BCUT2D eigenvalue weighted by Gasteiger charge is 2.42. The van der Waals surface area contributed by atoms with Gasteiger partial charge in [-0.25, -0.2) is 0 Å². The Hall–Kier alpha value is -0.240. The van der Waals surface area contributed by atoms with Gasteiger partial charge in [0.15, 0.2) is 0 Å². The van der Waals surface area contributed by atoms with Gasteiger partial charge in [-0.2, -0.15) is 12.6 Å². The van der Waals surface area contributed by atoms with Crippen molar-refractivity contribution >= 4 is 10.5 Å². The van der Waals surface area contributed by atoms with Crippen LogP contribution in [0.5, 0.6) is 0 Å². The first kappa shape index (κ1) is 10.8. The normalized spacial score (nSPS) is 22.0. The van der Waals surface area contributed by atoms with Gasteiger partial charge >= 0.3 is 16.5 Å². The highest BCUT2D eigenvalue weighted by atomic mass is 32.3. The van der Waals surface area contributed by atoms with E-state index < -0.39 is 16.5 Å². The van der Waals surface area contributed by atoms with Crippen LogP contribution in [-0.4, -0.2) is 27.6 Å². The summed E-state index contributed by atoms with van der Waals surface area (Å²) in [6, 6.07) is 0. The minimum absolute atomic E-state index is 0.177. The number of rotatable bonds is 4. The maximum atomic E-state index is 12.2. The van der Waals surface area contributed by atoms with Gasteiger partial charge in [-0.05, 0) is 6.42 Å². The number of ether oxygens (including phenoxy) is 2. The molecule has 0 amide bonds. The van der Waals surface area contributed by atoms with Gasteiger partial charge in [-0.1, -0.05) is 10.8 Å². The molecule has 1 aliphatic heterocycles. The molecule has 0 unspecified atom stereocenters. The summed E-state index contributed by atoms with van der Waals surface area (Å²) in [5.41, 5.74) is 0. The standard InChI is InChI=1S/C6H11FO5S/c1-2-3-6(10-4-5-11-6)12-13(7,8)9/h2-5H2,1H3. The van der Waals surface area contributed by atoms with Crippen LogP contribution in [0.4, 0.5) is 3.89 Å². The van der Waals surface area contributed by atoms with Crippen LogP contribution in [-0.2, 0) is 24.2 Å². The molecule has 0 aromatic heterocycles. The van der Waals surface area contributed by atoms with Crippen molar-refractivity contribution in [2.24, 2.45) is 0 Å². The fraction of sp³-hybridized carbons (Fsp3) is 1.00. The van der Waals surface area contributed by atoms with Crippen LogP contribution >= 0.6 is 0 Å². The molecular weight excluding hydrogens is 203 g/mol. The summed E-state index contributed by atoms with van der Waals surface area (Å²) in [6.45, 7) is 2.19. The summed E-state index contributed by atoms with van der Waals surface area (Å²) < 4.78 is 46.5. The van der Waals surface area contributed by atoms with Gasteiger partial charge in [0.05, 0.1) is 13.2 Å². The van der Waals surface area contributed by atoms with E-state index >= 15 is 0 Å². The minimum Gasteiger partial charge on any atom is -0.324 e. The fourth-order valence-electron chi connectivity index (χ4n) is 1.13. The highest BCUT2D eigenvalue weighted by molar-refractivity contribution is 7.81. The maximum Gasteiger partial charge on any atom is 0.442 e. The molecule has 5 nitrogen and oxygen atoms in total. The van der Waals surface area contributed by atoms with E-state index in [4.69, 9.17) is 9.47 Å². The van der Waals surface area contributed by atoms with Gasteiger partial charge in [0.1, 0.15) is 0 Å². The molecule has 1 heterocycles. The predicted molar refractivity (Wildman–Crippen MR) is 40.7 cm³/mol. The SMILES string of the molecule is CCCC1(OS(=O)(=O)F)OCCO1. The molecule has 0 aromatic carbocycles. The van der Waals surface area contributed by atoms with Crippen LogP contribution in [0.2, 0.25) is 0 Å². The topological polar surface area (TPSA) is 61.8 Å². The van der Waals surface area contributed by atoms with Crippen molar-refractivity contribution in [1.82, 2.24) is 0 Å². The quantitative estimate of drug-likeness (QED) is 0.645. The number of hydrogen-bond acceptors (Lipinski definition) is 5. The van der Waals surface area contributed by atoms with Crippen LogP contribution in [0.1, 0.15) is 19.8 Å². The van der Waals surface area contributed by atoms with Gasteiger partial charge in [0, 0.05) is 6.42 Å². The van der Waals surface area contributed by atoms with Crippen LogP contribution < -0.4 is 0 Å². The molecular formula is C6H11FO5S. The van der Waals surface area contributed by atoms with Crippen LogP contribution in [0.3, 0.4) is 0 Å². The molecule has 1 saturated heterocycles. The molecule has 7 heteroatoms. The summed E-state index contributed by atoms with van der Waals surface area (Å²) in [7, 11) is -5.04. The zero-order valence-electron chi connectivity index (χ0n) is 7.16. The monoisotopic (exact) mass is 214 g/mol. The van der Waals surface area contributed by atoms with Gasteiger partial charge in [0.25, 0.3) is 0 Å². The Labute approximate surface area is 76.2 Å². The Morgan fingerprint density at radius 1 is 1.46 bits per heavy atom. The maximum absolute atomic E-state index is 12.2. The van der Waals surface area contributed by atoms with Gasteiger partial charge in [-0.15, -0.1) is 0 Å². The second kappa shape index (κ2) is 3.87. The van der Waals surface area contributed by atoms with E-state index in [1.165, 1.54) is 0 Å². The molecule has 0 N–H and O–H groups in total. The van der Waals surface area contributed by atoms with Crippen molar-refractivity contribution in [3.05, 3.63) is 0 Å². The van der Waals surface area contributed by atoms with E-state index in [2.05, 4.69) is 4.18 Å². The molecule has 78 valence electrons. The van der Waals surface area contributed by atoms with Crippen molar-refractivity contribution in [3.63, 3.8) is 0 Å². The Kier molecular flexibility index (Phi) is 3.23. The first-order valence-corrected chi connectivity index (χ1v) is 5.21. The molecule has 0 aliphatic carbocycles. The molecule has 13 heavy (non-hydrogen) atoms. The van der Waals surface area contributed by atoms with Gasteiger partial charge in [-0.3, -0.25) is 0 Å². The second-order valence-electron chi connectivity index (χ2n) is 2.61. The fourth-order valence-corrected chi connectivity index (χ4v) is 1.61. The molecule has 1 fully saturated rings. The van der Waals surface area contributed by atoms with E-state index in [1.54, 1.807) is 6.92 Å². The first-order valence-electron chi connectivity index (χ1n) is 3.90. The van der Waals surface area contributed by atoms with Crippen molar-refractivity contribution in [2.75, 3.05) is 13.2 Å². The third-order valence-electron chi connectivity index (χ3n) is 1.51. The van der Waals surface area contributed by atoms with E-state index in [-0.39, 0.29) is 19.6 Å². The lowest BCUT2D eigenvalue weighted by Gasteiger charge is -2.23. The molecule has 0 atom stereocenters. The average molecular weight is 214 g/mol. The summed E-state index contributed by atoms with van der Waals surface area (Å²) in [6.07, 6.45) is 0.742. The lowest BCUT2D eigenvalue weighted by Crippen LogP contribution is -2.34. The van der Waals surface area contributed by atoms with E-state index in [1.807, 2.05) is 0 Å². The highest BCUT2D eigenvalue weighted by Crippen LogP contribution is 2.28. The predicted octanol–water partition coefficient (Wildman–Crippen LogP) is 0.718. The lowest BCUT2D eigenvalue weighted by molar-refractivity contribution is -0.288. The molecule has 0 saturated carbocycles. The number of halogens is 1. The Morgan fingerprint density at radius 2 is 2.00 bits per heavy atom. The van der Waals surface area contributed by atoms with E-state index in [0.717, 1.165) is 0 Å². The van der Waals surface area contributed by atoms with Crippen molar-refractivity contribution in [1.29, 1.82) is 0 Å². The first-order chi connectivity index (χ1) is 5.97. The van der Waals surface area contributed by atoms with Crippen LogP contribution in [0, 0.1) is 0 Å². The molecule has 1 rings (SSSR count). The summed E-state index contributed by atoms with van der Waals surface area (Å²) >= 11 is 0. The van der Waals surface area contributed by atoms with Crippen molar-refractivity contribution in [2.45, 2.75) is 25.7 Å². The van der Waals surface area contributed by atoms with Crippen LogP contribution in [0.15, 0.2) is 0 Å². The number of hydrogen-bond donors (Lipinski definition) is 0. The van der Waals surface area contributed by atoms with Gasteiger partial charge < -0.3 is 9.47 Å². The van der Waals surface area contributed by atoms with Crippen molar-refractivity contribution in [3.8, 4) is 0 Å². The van der Waals surface area contributed by atoms with Crippen LogP contribution in [0.25, 0.3) is 0 Å². The molecule has 0 bridgehead atoms. The Morgan fingerprint density at radius 3 is 2.38 bits per heavy atom. The van der Waals surface area contributed by atoms with E-state index in [9.17, 15) is 12.3 Å². The molecule has 0 aromatic rings. The summed E-state index contributed by atoms with van der Waals surface area (Å²) in [4.78, 5) is 0. The lowest BCUT2D eigenvalue weighted by atomic mass is 10.3.